The molecule has 2 aromatic heterocycles. The summed E-state index contributed by atoms with van der Waals surface area (Å²) < 4.78 is 3.73. The number of hydrogen-bond donors (Lipinski definition) is 0. The number of allylic oxidation sites excluding steroid dienone is 1. The van der Waals surface area contributed by atoms with Gasteiger partial charge in [0.25, 0.3) is 5.56 Å². The van der Waals surface area contributed by atoms with E-state index < -0.39 is 0 Å². The predicted octanol–water partition coefficient (Wildman–Crippen LogP) is 8.48. The van der Waals surface area contributed by atoms with Crippen LogP contribution < -0.4 is 5.56 Å². The van der Waals surface area contributed by atoms with Gasteiger partial charge in [0.15, 0.2) is 0 Å². The van der Waals surface area contributed by atoms with Gasteiger partial charge in [-0.3, -0.25) is 9.59 Å². The topological polar surface area (TPSA) is 44.0 Å². The molecule has 5 aromatic rings. The van der Waals surface area contributed by atoms with Crippen LogP contribution in [0.15, 0.2) is 120 Å². The van der Waals surface area contributed by atoms with E-state index in [1.165, 1.54) is 36.8 Å². The SMILES string of the molecule is CC(=O)Cn1cc(/C=C/Cn2cc(C(c3ccccc3)c3ccccc3)ccc2=O)c2ccccc21.CCC1CCC1. The van der Waals surface area contributed by atoms with Crippen molar-refractivity contribution >= 4 is 22.8 Å². The monoisotopic (exact) mass is 556 g/mol. The largest absolute Gasteiger partial charge is 0.339 e. The average molecular weight is 557 g/mol. The number of ketones is 1. The molecule has 0 atom stereocenters. The zero-order chi connectivity index (χ0) is 29.3. The Hall–Kier alpha value is -4.44. The van der Waals surface area contributed by atoms with E-state index >= 15 is 0 Å². The van der Waals surface area contributed by atoms with E-state index in [0.29, 0.717) is 13.1 Å². The Bertz CT molecular complexity index is 1650. The van der Waals surface area contributed by atoms with Crippen molar-refractivity contribution in [3.05, 3.63) is 148 Å². The van der Waals surface area contributed by atoms with Crippen molar-refractivity contribution in [1.29, 1.82) is 0 Å². The number of carbonyl (C=O) groups is 1. The number of Topliss-reactive ketones (excluding diaryl/α,β-unsaturated/α-hetero) is 1. The molecule has 1 fully saturated rings. The number of nitrogens with zero attached hydrogens (tertiary/aromatic N) is 2. The molecule has 4 nitrogen and oxygen atoms in total. The first-order chi connectivity index (χ1) is 20.5. The van der Waals surface area contributed by atoms with Crippen LogP contribution in [0.1, 0.15) is 67.7 Å². The van der Waals surface area contributed by atoms with Gasteiger partial charge >= 0.3 is 0 Å². The van der Waals surface area contributed by atoms with Crippen LogP contribution in [0.5, 0.6) is 0 Å². The lowest BCUT2D eigenvalue weighted by Gasteiger charge is -2.22. The third-order valence-corrected chi connectivity index (χ3v) is 8.22. The maximum atomic E-state index is 12.7. The third-order valence-electron chi connectivity index (χ3n) is 8.22. The van der Waals surface area contributed by atoms with Gasteiger partial charge in [-0.1, -0.05) is 130 Å². The summed E-state index contributed by atoms with van der Waals surface area (Å²) >= 11 is 0. The summed E-state index contributed by atoms with van der Waals surface area (Å²) in [6, 6.07) is 32.4. The molecular weight excluding hydrogens is 516 g/mol. The fraction of sp³-hybridized carbons (Fsp3) is 0.263. The highest BCUT2D eigenvalue weighted by Gasteiger charge is 2.17. The molecular formula is C38H40N2O2. The molecule has 0 bridgehead atoms. The Morgan fingerprint density at radius 2 is 1.45 bits per heavy atom. The van der Waals surface area contributed by atoms with E-state index in [4.69, 9.17) is 0 Å². The fourth-order valence-corrected chi connectivity index (χ4v) is 5.70. The Labute approximate surface area is 249 Å². The van der Waals surface area contributed by atoms with Gasteiger partial charge in [0.2, 0.25) is 0 Å². The van der Waals surface area contributed by atoms with Crippen molar-refractivity contribution in [2.45, 2.75) is 58.5 Å². The second-order valence-corrected chi connectivity index (χ2v) is 11.2. The summed E-state index contributed by atoms with van der Waals surface area (Å²) in [6.45, 7) is 4.68. The van der Waals surface area contributed by atoms with Crippen LogP contribution in [0, 0.1) is 5.92 Å². The van der Waals surface area contributed by atoms with Crippen molar-refractivity contribution in [2.75, 3.05) is 0 Å². The van der Waals surface area contributed by atoms with E-state index in [1.54, 1.807) is 17.6 Å². The molecule has 0 spiro atoms. The van der Waals surface area contributed by atoms with E-state index in [2.05, 4.69) is 37.3 Å². The summed E-state index contributed by atoms with van der Waals surface area (Å²) in [6.07, 6.45) is 13.9. The summed E-state index contributed by atoms with van der Waals surface area (Å²) in [5.41, 5.74) is 5.45. The van der Waals surface area contributed by atoms with Crippen LogP contribution in [0.4, 0.5) is 0 Å². The molecule has 0 radical (unpaired) electrons. The van der Waals surface area contributed by atoms with E-state index in [9.17, 15) is 9.59 Å². The van der Waals surface area contributed by atoms with Crippen LogP contribution in [-0.2, 0) is 17.9 Å². The predicted molar refractivity (Wildman–Crippen MR) is 174 cm³/mol. The molecule has 0 amide bonds. The third kappa shape index (κ3) is 7.06. The molecule has 0 unspecified atom stereocenters. The highest BCUT2D eigenvalue weighted by molar-refractivity contribution is 5.90. The van der Waals surface area contributed by atoms with Crippen LogP contribution in [0.2, 0.25) is 0 Å². The first-order valence-electron chi connectivity index (χ1n) is 15.1. The lowest BCUT2D eigenvalue weighted by atomic mass is 9.84. The minimum absolute atomic E-state index is 0.0350. The quantitative estimate of drug-likeness (QED) is 0.183. The maximum Gasteiger partial charge on any atom is 0.250 e. The Morgan fingerprint density at radius 1 is 0.810 bits per heavy atom. The Balaban J connectivity index is 0.000000524. The van der Waals surface area contributed by atoms with Crippen LogP contribution in [0.3, 0.4) is 0 Å². The number of para-hydroxylation sites is 1. The van der Waals surface area contributed by atoms with Crippen molar-refractivity contribution < 1.29 is 4.79 Å². The van der Waals surface area contributed by atoms with Gasteiger partial charge in [0, 0.05) is 41.8 Å². The second-order valence-electron chi connectivity index (χ2n) is 11.2. The summed E-state index contributed by atoms with van der Waals surface area (Å²) in [7, 11) is 0. The molecule has 1 saturated carbocycles. The molecule has 2 heterocycles. The van der Waals surface area contributed by atoms with Crippen molar-refractivity contribution in [2.24, 2.45) is 5.92 Å². The Morgan fingerprint density at radius 3 is 2.02 bits per heavy atom. The number of hydrogen-bond acceptors (Lipinski definition) is 2. The maximum absolute atomic E-state index is 12.7. The van der Waals surface area contributed by atoms with E-state index in [0.717, 1.165) is 27.9 Å². The van der Waals surface area contributed by atoms with Gasteiger partial charge in [0.1, 0.15) is 5.78 Å². The first-order valence-corrected chi connectivity index (χ1v) is 15.1. The summed E-state index contributed by atoms with van der Waals surface area (Å²) in [4.78, 5) is 24.5. The molecule has 214 valence electrons. The molecule has 0 N–H and O–H groups in total. The van der Waals surface area contributed by atoms with Gasteiger partial charge in [-0.2, -0.15) is 0 Å². The normalized spacial score (nSPS) is 13.2. The van der Waals surface area contributed by atoms with Gasteiger partial charge in [-0.25, -0.2) is 0 Å². The average Bonchev–Trinajstić information content (AvgIpc) is 3.32. The van der Waals surface area contributed by atoms with E-state index in [-0.39, 0.29) is 17.3 Å². The van der Waals surface area contributed by atoms with Gasteiger partial charge in [0.05, 0.1) is 6.54 Å². The molecule has 0 aliphatic heterocycles. The fourth-order valence-electron chi connectivity index (χ4n) is 5.70. The van der Waals surface area contributed by atoms with Crippen LogP contribution in [0.25, 0.3) is 17.0 Å². The number of rotatable bonds is 9. The standard InChI is InChI=1S/C32H28N2O2.C6H12/c1-24(35)21-34-22-27(29-16-8-9-17-30(29)34)15-10-20-33-23-28(18-19-31(33)36)32(25-11-4-2-5-12-25)26-13-6-3-7-14-26;1-2-6-4-3-5-6/h2-19,22-23,32H,20-21H2,1H3;6H,2-5H2,1H3/b15-10+;. The lowest BCUT2D eigenvalue weighted by Crippen LogP contribution is -2.19. The zero-order valence-electron chi connectivity index (χ0n) is 24.7. The summed E-state index contributed by atoms with van der Waals surface area (Å²) in [5.74, 6) is 1.26. The van der Waals surface area contributed by atoms with E-state index in [1.807, 2.05) is 89.8 Å². The van der Waals surface area contributed by atoms with Crippen molar-refractivity contribution in [3.63, 3.8) is 0 Å². The summed E-state index contributed by atoms with van der Waals surface area (Å²) in [5, 5.41) is 1.09. The first kappa shape index (κ1) is 29.1. The lowest BCUT2D eigenvalue weighted by molar-refractivity contribution is -0.117. The van der Waals surface area contributed by atoms with Crippen molar-refractivity contribution in [3.8, 4) is 0 Å². The highest BCUT2D eigenvalue weighted by Crippen LogP contribution is 2.31. The minimum Gasteiger partial charge on any atom is -0.339 e. The number of carbonyl (C=O) groups excluding carboxylic acids is 1. The van der Waals surface area contributed by atoms with Gasteiger partial charge in [-0.15, -0.1) is 0 Å². The molecule has 42 heavy (non-hydrogen) atoms. The number of pyridine rings is 1. The number of aromatic nitrogens is 2. The molecule has 1 aliphatic rings. The minimum atomic E-state index is -0.0396. The van der Waals surface area contributed by atoms with Gasteiger partial charge < -0.3 is 9.13 Å². The zero-order valence-corrected chi connectivity index (χ0v) is 24.7. The molecule has 4 heteroatoms. The molecule has 0 saturated heterocycles. The molecule has 1 aliphatic carbocycles. The Kier molecular flexibility index (Phi) is 9.66. The van der Waals surface area contributed by atoms with Crippen LogP contribution in [-0.4, -0.2) is 14.9 Å². The molecule has 3 aromatic carbocycles. The highest BCUT2D eigenvalue weighted by atomic mass is 16.1. The molecule has 6 rings (SSSR count). The smallest absolute Gasteiger partial charge is 0.250 e. The second kappa shape index (κ2) is 14.0. The van der Waals surface area contributed by atoms with Crippen molar-refractivity contribution in [1.82, 2.24) is 9.13 Å². The van der Waals surface area contributed by atoms with Gasteiger partial charge in [-0.05, 0) is 41.2 Å². The number of benzene rings is 3. The number of fused-ring (bicyclic) bond motifs is 1. The van der Waals surface area contributed by atoms with Crippen LogP contribution >= 0.6 is 0 Å².